The fraction of sp³-hybridized carbons (Fsp3) is 0.0625. The standard InChI is InChI=1S/C16H13BrClN3/c1-11-10-21(15-9-12(18)7-8-14(15)17)16(19-11)20-13-5-3-2-4-6-13/h2-10H,1H3,(H,19,20). The predicted octanol–water partition coefficient (Wildman–Crippen LogP) is 5.34. The van der Waals surface area contributed by atoms with Crippen LogP contribution < -0.4 is 5.32 Å². The molecule has 21 heavy (non-hydrogen) atoms. The van der Waals surface area contributed by atoms with Crippen molar-refractivity contribution in [3.8, 4) is 5.69 Å². The van der Waals surface area contributed by atoms with E-state index in [-0.39, 0.29) is 0 Å². The maximum absolute atomic E-state index is 6.11. The average Bonchev–Trinajstić information content (AvgIpc) is 2.83. The van der Waals surface area contributed by atoms with Gasteiger partial charge in [0.15, 0.2) is 0 Å². The van der Waals surface area contributed by atoms with E-state index < -0.39 is 0 Å². The highest BCUT2D eigenvalue weighted by Gasteiger charge is 2.11. The summed E-state index contributed by atoms with van der Waals surface area (Å²) in [6, 6.07) is 15.6. The molecule has 3 rings (SSSR count). The number of nitrogens with one attached hydrogen (secondary N) is 1. The summed E-state index contributed by atoms with van der Waals surface area (Å²) < 4.78 is 2.94. The molecule has 0 saturated heterocycles. The van der Waals surface area contributed by atoms with E-state index in [0.717, 1.165) is 27.5 Å². The summed E-state index contributed by atoms with van der Waals surface area (Å²) in [6.45, 7) is 1.96. The molecule has 0 spiro atoms. The van der Waals surface area contributed by atoms with E-state index in [9.17, 15) is 0 Å². The molecule has 0 aliphatic rings. The minimum Gasteiger partial charge on any atom is -0.325 e. The quantitative estimate of drug-likeness (QED) is 0.681. The van der Waals surface area contributed by atoms with Crippen molar-refractivity contribution in [3.63, 3.8) is 0 Å². The van der Waals surface area contributed by atoms with Crippen molar-refractivity contribution in [1.29, 1.82) is 0 Å². The fourth-order valence-electron chi connectivity index (χ4n) is 2.09. The van der Waals surface area contributed by atoms with E-state index in [1.807, 2.05) is 66.2 Å². The summed E-state index contributed by atoms with van der Waals surface area (Å²) in [7, 11) is 0. The zero-order valence-electron chi connectivity index (χ0n) is 11.3. The van der Waals surface area contributed by atoms with Crippen molar-refractivity contribution >= 4 is 39.2 Å². The Hall–Kier alpha value is -1.78. The van der Waals surface area contributed by atoms with Crippen LogP contribution in [0.1, 0.15) is 5.69 Å². The molecule has 0 radical (unpaired) electrons. The van der Waals surface area contributed by atoms with Crippen LogP contribution in [0.25, 0.3) is 5.69 Å². The summed E-state index contributed by atoms with van der Waals surface area (Å²) in [4.78, 5) is 4.54. The lowest BCUT2D eigenvalue weighted by Gasteiger charge is -2.11. The Kier molecular flexibility index (Phi) is 3.99. The van der Waals surface area contributed by atoms with E-state index in [1.54, 1.807) is 0 Å². The van der Waals surface area contributed by atoms with Gasteiger partial charge in [0.05, 0.1) is 11.4 Å². The van der Waals surface area contributed by atoms with Gasteiger partial charge in [-0.05, 0) is 53.2 Å². The van der Waals surface area contributed by atoms with Crippen LogP contribution in [0.3, 0.4) is 0 Å². The monoisotopic (exact) mass is 361 g/mol. The minimum absolute atomic E-state index is 0.685. The van der Waals surface area contributed by atoms with Gasteiger partial charge in [-0.15, -0.1) is 0 Å². The molecule has 1 heterocycles. The second-order valence-corrected chi connectivity index (χ2v) is 5.95. The van der Waals surface area contributed by atoms with E-state index in [1.165, 1.54) is 0 Å². The average molecular weight is 363 g/mol. The largest absolute Gasteiger partial charge is 0.325 e. The number of anilines is 2. The maximum atomic E-state index is 6.11. The molecule has 0 amide bonds. The van der Waals surface area contributed by atoms with Crippen LogP contribution in [-0.2, 0) is 0 Å². The Balaban J connectivity index is 2.05. The maximum Gasteiger partial charge on any atom is 0.212 e. The van der Waals surface area contributed by atoms with Gasteiger partial charge >= 0.3 is 0 Å². The normalized spacial score (nSPS) is 10.6. The number of halogens is 2. The van der Waals surface area contributed by atoms with Gasteiger partial charge in [0.25, 0.3) is 0 Å². The van der Waals surface area contributed by atoms with Crippen LogP contribution in [0.5, 0.6) is 0 Å². The molecular formula is C16H13BrClN3. The molecule has 2 aromatic carbocycles. The molecular weight excluding hydrogens is 350 g/mol. The van der Waals surface area contributed by atoms with Crippen LogP contribution in [-0.4, -0.2) is 9.55 Å². The number of nitrogens with zero attached hydrogens (tertiary/aromatic N) is 2. The highest BCUT2D eigenvalue weighted by atomic mass is 79.9. The van der Waals surface area contributed by atoms with Crippen molar-refractivity contribution in [2.45, 2.75) is 6.92 Å². The van der Waals surface area contributed by atoms with Crippen molar-refractivity contribution in [2.75, 3.05) is 5.32 Å². The van der Waals surface area contributed by atoms with Crippen LogP contribution in [0.2, 0.25) is 5.02 Å². The van der Waals surface area contributed by atoms with Crippen LogP contribution in [0, 0.1) is 6.92 Å². The highest BCUT2D eigenvalue weighted by molar-refractivity contribution is 9.10. The number of hydrogen-bond acceptors (Lipinski definition) is 2. The summed E-state index contributed by atoms with van der Waals surface area (Å²) in [6.07, 6.45) is 1.97. The molecule has 3 nitrogen and oxygen atoms in total. The van der Waals surface area contributed by atoms with E-state index in [0.29, 0.717) is 5.02 Å². The Morgan fingerprint density at radius 3 is 2.67 bits per heavy atom. The zero-order valence-corrected chi connectivity index (χ0v) is 13.7. The number of aromatic nitrogens is 2. The smallest absolute Gasteiger partial charge is 0.212 e. The molecule has 0 fully saturated rings. The highest BCUT2D eigenvalue weighted by Crippen LogP contribution is 2.28. The minimum atomic E-state index is 0.685. The number of rotatable bonds is 3. The number of aryl methyl sites for hydroxylation is 1. The third-order valence-corrected chi connectivity index (χ3v) is 3.93. The molecule has 0 saturated carbocycles. The molecule has 106 valence electrons. The molecule has 1 aromatic heterocycles. The molecule has 0 atom stereocenters. The SMILES string of the molecule is Cc1cn(-c2cc(Cl)ccc2Br)c(Nc2ccccc2)n1. The molecule has 0 aliphatic heterocycles. The van der Waals surface area contributed by atoms with Gasteiger partial charge in [-0.25, -0.2) is 4.98 Å². The Labute approximate surface area is 136 Å². The fourth-order valence-corrected chi connectivity index (χ4v) is 2.69. The molecule has 0 unspecified atom stereocenters. The van der Waals surface area contributed by atoms with E-state index >= 15 is 0 Å². The first-order chi connectivity index (χ1) is 10.1. The van der Waals surface area contributed by atoms with Crippen molar-refractivity contribution in [1.82, 2.24) is 9.55 Å². The van der Waals surface area contributed by atoms with Gasteiger partial charge in [-0.3, -0.25) is 4.57 Å². The topological polar surface area (TPSA) is 29.9 Å². The lowest BCUT2D eigenvalue weighted by Crippen LogP contribution is -2.01. The van der Waals surface area contributed by atoms with Crippen LogP contribution >= 0.6 is 27.5 Å². The summed E-state index contributed by atoms with van der Waals surface area (Å²) in [5, 5.41) is 4.01. The van der Waals surface area contributed by atoms with Gasteiger partial charge in [0, 0.05) is 21.4 Å². The first kappa shape index (κ1) is 14.2. The summed E-state index contributed by atoms with van der Waals surface area (Å²) in [5.41, 5.74) is 2.87. The number of imidazole rings is 1. The molecule has 0 bridgehead atoms. The third kappa shape index (κ3) is 3.12. The van der Waals surface area contributed by atoms with Crippen LogP contribution in [0.15, 0.2) is 59.2 Å². The molecule has 3 aromatic rings. The second-order valence-electron chi connectivity index (χ2n) is 4.66. The molecule has 0 aliphatic carbocycles. The zero-order chi connectivity index (χ0) is 14.8. The van der Waals surface area contributed by atoms with Crippen molar-refractivity contribution < 1.29 is 0 Å². The second kappa shape index (κ2) is 5.92. The van der Waals surface area contributed by atoms with Gasteiger partial charge in [0.1, 0.15) is 0 Å². The van der Waals surface area contributed by atoms with E-state index in [4.69, 9.17) is 11.6 Å². The van der Waals surface area contributed by atoms with Gasteiger partial charge in [-0.2, -0.15) is 0 Å². The number of hydrogen-bond donors (Lipinski definition) is 1. The van der Waals surface area contributed by atoms with Crippen molar-refractivity contribution in [2.24, 2.45) is 0 Å². The molecule has 5 heteroatoms. The Morgan fingerprint density at radius 2 is 1.90 bits per heavy atom. The first-order valence-corrected chi connectivity index (χ1v) is 7.64. The first-order valence-electron chi connectivity index (χ1n) is 6.47. The lowest BCUT2D eigenvalue weighted by atomic mass is 10.3. The van der Waals surface area contributed by atoms with Crippen molar-refractivity contribution in [3.05, 3.63) is 69.9 Å². The van der Waals surface area contributed by atoms with Gasteiger partial charge < -0.3 is 5.32 Å². The van der Waals surface area contributed by atoms with Crippen LogP contribution in [0.4, 0.5) is 11.6 Å². The number of benzene rings is 2. The molecule has 1 N–H and O–H groups in total. The Morgan fingerprint density at radius 1 is 1.14 bits per heavy atom. The lowest BCUT2D eigenvalue weighted by molar-refractivity contribution is 1.06. The van der Waals surface area contributed by atoms with E-state index in [2.05, 4.69) is 26.2 Å². The Bertz CT molecular complexity index is 768. The third-order valence-electron chi connectivity index (χ3n) is 3.02. The number of para-hydroxylation sites is 1. The summed E-state index contributed by atoms with van der Waals surface area (Å²) >= 11 is 9.67. The van der Waals surface area contributed by atoms with Gasteiger partial charge in [0.2, 0.25) is 5.95 Å². The summed E-state index contributed by atoms with van der Waals surface area (Å²) in [5.74, 6) is 0.752. The predicted molar refractivity (Wildman–Crippen MR) is 90.7 cm³/mol. The van der Waals surface area contributed by atoms with Gasteiger partial charge in [-0.1, -0.05) is 29.8 Å².